The van der Waals surface area contributed by atoms with Gasteiger partial charge in [-0.25, -0.2) is 13.8 Å². The van der Waals surface area contributed by atoms with Gasteiger partial charge in [-0.2, -0.15) is 0 Å². The van der Waals surface area contributed by atoms with Crippen molar-refractivity contribution in [1.29, 1.82) is 0 Å². The third-order valence-electron chi connectivity index (χ3n) is 12.2. The molecule has 0 aliphatic carbocycles. The van der Waals surface area contributed by atoms with Crippen molar-refractivity contribution in [2.24, 2.45) is 4.99 Å². The van der Waals surface area contributed by atoms with E-state index in [9.17, 15) is 43.3 Å². The van der Waals surface area contributed by atoms with Crippen LogP contribution in [-0.2, 0) is 31.2 Å². The number of amides is 4. The van der Waals surface area contributed by atoms with E-state index in [1.165, 1.54) is 35.2 Å². The van der Waals surface area contributed by atoms with Crippen molar-refractivity contribution < 1.29 is 43.3 Å². The SMILES string of the molecule is CC[C@H](NC(=O)[C@H](C)NC)C(=O)N1C[C@@H](O)C[C@H]1C[C@]1(O)C(c2[nH]c3cc(F)ccc3c2C[C@H]2C[C@@H](O)CN2C(=O)[C@@H](CC)NC(=O)[C@@H](C)NC)=Nc2cc(F)ccc21. The highest BCUT2D eigenvalue weighted by Crippen LogP contribution is 2.47. The Kier molecular flexibility index (Phi) is 13.2. The first kappa shape index (κ1) is 43.8. The van der Waals surface area contributed by atoms with Crippen LogP contribution in [0.3, 0.4) is 0 Å². The van der Waals surface area contributed by atoms with Crippen LogP contribution in [0.5, 0.6) is 0 Å². The van der Waals surface area contributed by atoms with E-state index in [-0.39, 0.29) is 85.6 Å². The van der Waals surface area contributed by atoms with Crippen LogP contribution in [0.1, 0.15) is 76.6 Å². The number of aliphatic hydroxyl groups is 3. The second-order valence-corrected chi connectivity index (χ2v) is 16.1. The molecular formula is C42H56F2N8O7. The molecule has 0 unspecified atom stereocenters. The zero-order valence-electron chi connectivity index (χ0n) is 34.3. The molecule has 0 saturated carbocycles. The fraction of sp³-hybridized carbons (Fsp3) is 0.548. The molecule has 4 heterocycles. The number of likely N-dealkylation sites (tertiary alicyclic amines) is 2. The minimum atomic E-state index is -1.98. The summed E-state index contributed by atoms with van der Waals surface area (Å²) in [6, 6.07) is 3.75. The lowest BCUT2D eigenvalue weighted by Gasteiger charge is -2.35. The van der Waals surface area contributed by atoms with Gasteiger partial charge < -0.3 is 51.4 Å². The molecule has 0 radical (unpaired) electrons. The van der Waals surface area contributed by atoms with E-state index in [0.717, 1.165) is 0 Å². The number of halogens is 2. The second kappa shape index (κ2) is 17.8. The van der Waals surface area contributed by atoms with Crippen LogP contribution >= 0.6 is 0 Å². The minimum absolute atomic E-state index is 0.0142. The number of fused-ring (bicyclic) bond motifs is 2. The summed E-state index contributed by atoms with van der Waals surface area (Å²) in [4.78, 5) is 64.8. The normalized spacial score (nSPS) is 24.8. The Balaban J connectivity index is 1.39. The van der Waals surface area contributed by atoms with Gasteiger partial charge in [0.05, 0.1) is 35.7 Å². The van der Waals surface area contributed by atoms with Gasteiger partial charge in [0.2, 0.25) is 23.6 Å². The molecule has 320 valence electrons. The van der Waals surface area contributed by atoms with Gasteiger partial charge in [-0.05, 0) is 95.9 Å². The van der Waals surface area contributed by atoms with E-state index in [1.54, 1.807) is 52.8 Å². The zero-order valence-corrected chi connectivity index (χ0v) is 34.3. The van der Waals surface area contributed by atoms with E-state index in [1.807, 2.05) is 0 Å². The maximum absolute atomic E-state index is 14.8. The summed E-state index contributed by atoms with van der Waals surface area (Å²) < 4.78 is 29.6. The lowest BCUT2D eigenvalue weighted by molar-refractivity contribution is -0.138. The molecule has 3 aliphatic heterocycles. The highest BCUT2D eigenvalue weighted by Gasteiger charge is 2.50. The van der Waals surface area contributed by atoms with Crippen molar-refractivity contribution in [1.82, 2.24) is 36.1 Å². The Bertz CT molecular complexity index is 2110. The van der Waals surface area contributed by atoms with Crippen molar-refractivity contribution in [3.63, 3.8) is 0 Å². The molecule has 2 fully saturated rings. The molecule has 3 aliphatic rings. The number of aromatic nitrogens is 1. The highest BCUT2D eigenvalue weighted by molar-refractivity contribution is 6.14. The number of benzene rings is 2. The van der Waals surface area contributed by atoms with Crippen LogP contribution in [0.15, 0.2) is 41.4 Å². The Hall–Kier alpha value is -4.81. The van der Waals surface area contributed by atoms with Gasteiger partial charge in [-0.3, -0.25) is 19.2 Å². The van der Waals surface area contributed by atoms with Gasteiger partial charge >= 0.3 is 0 Å². The summed E-state index contributed by atoms with van der Waals surface area (Å²) >= 11 is 0. The Morgan fingerprint density at radius 2 is 1.37 bits per heavy atom. The number of aromatic amines is 1. The molecule has 0 spiro atoms. The Morgan fingerprint density at radius 1 is 0.847 bits per heavy atom. The van der Waals surface area contributed by atoms with Crippen molar-refractivity contribution in [2.75, 3.05) is 27.2 Å². The number of likely N-dealkylation sites (N-methyl/N-ethyl adjacent to an activating group) is 2. The van der Waals surface area contributed by atoms with Crippen molar-refractivity contribution in [3.05, 3.63) is 64.9 Å². The maximum Gasteiger partial charge on any atom is 0.245 e. The first-order chi connectivity index (χ1) is 28.0. The predicted molar refractivity (Wildman–Crippen MR) is 217 cm³/mol. The van der Waals surface area contributed by atoms with E-state index >= 15 is 0 Å². The van der Waals surface area contributed by atoms with Gasteiger partial charge in [0, 0.05) is 48.1 Å². The van der Waals surface area contributed by atoms with Crippen LogP contribution < -0.4 is 21.3 Å². The summed E-state index contributed by atoms with van der Waals surface area (Å²) in [7, 11) is 3.27. The summed E-state index contributed by atoms with van der Waals surface area (Å²) in [5.74, 6) is -2.67. The number of carbonyl (C=O) groups is 4. The largest absolute Gasteiger partial charge is 0.391 e. The van der Waals surface area contributed by atoms with E-state index < -0.39 is 71.6 Å². The number of carbonyl (C=O) groups excluding carboxylic acids is 4. The first-order valence-corrected chi connectivity index (χ1v) is 20.4. The molecule has 2 saturated heterocycles. The lowest BCUT2D eigenvalue weighted by Crippen LogP contribution is -2.54. The van der Waals surface area contributed by atoms with Crippen LogP contribution in [0, 0.1) is 11.6 Å². The number of aliphatic hydroxyl groups excluding tert-OH is 2. The number of aliphatic imine (C=N–C) groups is 1. The third-order valence-corrected chi connectivity index (χ3v) is 12.2. The van der Waals surface area contributed by atoms with E-state index in [2.05, 4.69) is 26.3 Å². The standard InChI is InChI=1S/C42H56F2N8O7/c1-7-32(49-38(55)21(3)45-5)40(57)51-19-27(53)15-25(51)17-30-29-11-9-23(43)13-34(29)47-36(30)37-42(59,31-12-10-24(44)14-35(31)48-37)18-26-16-28(54)20-52(26)41(58)33(8-2)50-39(56)22(4)46-6/h9-14,21-22,25-28,32-33,45-47,53-54,59H,7-8,15-20H2,1-6H3,(H,49,55)(H,50,56)/t21-,22+,25-,26+,27-,28+,32-,33+,42-/m1/s1. The second-order valence-electron chi connectivity index (χ2n) is 16.1. The molecule has 1 aromatic heterocycles. The van der Waals surface area contributed by atoms with Crippen molar-refractivity contribution in [2.45, 2.75) is 120 Å². The summed E-state index contributed by atoms with van der Waals surface area (Å²) in [5.41, 5.74) is -0.316. The molecule has 8 N–H and O–H groups in total. The molecule has 3 aromatic rings. The number of hydrogen-bond donors (Lipinski definition) is 8. The molecule has 4 amide bonds. The number of H-pyrrole nitrogens is 1. The molecule has 59 heavy (non-hydrogen) atoms. The van der Waals surface area contributed by atoms with Gasteiger partial charge in [0.25, 0.3) is 0 Å². The van der Waals surface area contributed by atoms with E-state index in [0.29, 0.717) is 22.9 Å². The van der Waals surface area contributed by atoms with Crippen LogP contribution in [-0.4, -0.2) is 135 Å². The summed E-state index contributed by atoms with van der Waals surface area (Å²) in [6.07, 6.45) is -1.01. The molecule has 0 bridgehead atoms. The average Bonchev–Trinajstić information content (AvgIpc) is 3.95. The third kappa shape index (κ3) is 8.75. The number of β-amino-alcohol motifs (C(OH)–C–C–N with tert-alkyl or cyclic N) is 2. The van der Waals surface area contributed by atoms with Crippen LogP contribution in [0.2, 0.25) is 0 Å². The molecule has 2 aromatic carbocycles. The van der Waals surface area contributed by atoms with Gasteiger partial charge in [0.1, 0.15) is 35.0 Å². The molecule has 17 heteroatoms. The predicted octanol–water partition coefficient (Wildman–Crippen LogP) is 1.63. The summed E-state index contributed by atoms with van der Waals surface area (Å²) in [6.45, 7) is 6.84. The van der Waals surface area contributed by atoms with Gasteiger partial charge in [0.15, 0.2) is 0 Å². The number of hydrogen-bond acceptors (Lipinski definition) is 10. The minimum Gasteiger partial charge on any atom is -0.391 e. The summed E-state index contributed by atoms with van der Waals surface area (Å²) in [5, 5.41) is 46.8. The smallest absolute Gasteiger partial charge is 0.245 e. The van der Waals surface area contributed by atoms with Crippen LogP contribution in [0.25, 0.3) is 10.9 Å². The molecule has 6 rings (SSSR count). The number of nitrogens with zero attached hydrogens (tertiary/aromatic N) is 3. The van der Waals surface area contributed by atoms with Gasteiger partial charge in [-0.15, -0.1) is 0 Å². The molecular weight excluding hydrogens is 767 g/mol. The topological polar surface area (TPSA) is 212 Å². The van der Waals surface area contributed by atoms with Gasteiger partial charge in [-0.1, -0.05) is 19.9 Å². The Morgan fingerprint density at radius 3 is 1.93 bits per heavy atom. The van der Waals surface area contributed by atoms with Crippen molar-refractivity contribution >= 4 is 45.9 Å². The monoisotopic (exact) mass is 822 g/mol. The Labute approximate surface area is 342 Å². The molecule has 15 nitrogen and oxygen atoms in total. The van der Waals surface area contributed by atoms with Crippen molar-refractivity contribution in [3.8, 4) is 0 Å². The van der Waals surface area contributed by atoms with E-state index in [4.69, 9.17) is 4.99 Å². The number of rotatable bonds is 15. The fourth-order valence-corrected chi connectivity index (χ4v) is 8.62. The highest BCUT2D eigenvalue weighted by atomic mass is 19.1. The zero-order chi connectivity index (χ0) is 42.9. The maximum atomic E-state index is 14.8. The quantitative estimate of drug-likeness (QED) is 0.112. The fourth-order valence-electron chi connectivity index (χ4n) is 8.62. The number of nitrogens with one attached hydrogen (secondary N) is 5. The lowest BCUT2D eigenvalue weighted by atomic mass is 9.81. The molecule has 9 atom stereocenters. The average molecular weight is 823 g/mol. The van der Waals surface area contributed by atoms with Crippen LogP contribution in [0.4, 0.5) is 14.5 Å². The first-order valence-electron chi connectivity index (χ1n) is 20.4.